The van der Waals surface area contributed by atoms with Crippen LogP contribution in [0.5, 0.6) is 0 Å². The van der Waals surface area contributed by atoms with E-state index in [2.05, 4.69) is 10.1 Å². The first-order chi connectivity index (χ1) is 8.86. The van der Waals surface area contributed by atoms with Crippen molar-refractivity contribution in [1.82, 2.24) is 5.32 Å². The van der Waals surface area contributed by atoms with Crippen LogP contribution in [0.3, 0.4) is 0 Å². The molecule has 0 saturated heterocycles. The minimum atomic E-state index is -1.31. The maximum atomic E-state index is 11.4. The third-order valence-electron chi connectivity index (χ3n) is 2.14. The lowest BCUT2D eigenvalue weighted by Crippen LogP contribution is -2.41. The van der Waals surface area contributed by atoms with E-state index in [1.54, 1.807) is 6.92 Å². The van der Waals surface area contributed by atoms with Crippen molar-refractivity contribution in [1.29, 1.82) is 0 Å². The van der Waals surface area contributed by atoms with E-state index in [9.17, 15) is 19.2 Å². The lowest BCUT2D eigenvalue weighted by atomic mass is 10.1. The zero-order chi connectivity index (χ0) is 14.8. The summed E-state index contributed by atoms with van der Waals surface area (Å²) in [6, 6.07) is -1.27. The highest BCUT2D eigenvalue weighted by atomic mass is 16.5. The van der Waals surface area contributed by atoms with Gasteiger partial charge in [0.05, 0.1) is 13.0 Å². The summed E-state index contributed by atoms with van der Waals surface area (Å²) in [7, 11) is 0. The lowest BCUT2D eigenvalue weighted by Gasteiger charge is -2.13. The number of nitrogens with one attached hydrogen (secondary N) is 1. The topological polar surface area (TPSA) is 130 Å². The SMILES string of the molecule is CCOC(=O)CCC(=O)N[C@H](CCC(=O)O)C(=O)O. The maximum Gasteiger partial charge on any atom is 0.326 e. The Bertz CT molecular complexity index is 353. The van der Waals surface area contributed by atoms with Crippen LogP contribution in [0.4, 0.5) is 0 Å². The number of amides is 1. The van der Waals surface area contributed by atoms with Crippen LogP contribution in [0.25, 0.3) is 0 Å². The van der Waals surface area contributed by atoms with Gasteiger partial charge >= 0.3 is 17.9 Å². The van der Waals surface area contributed by atoms with Crippen molar-refractivity contribution in [2.75, 3.05) is 6.61 Å². The van der Waals surface area contributed by atoms with Gasteiger partial charge in [-0.15, -0.1) is 0 Å². The molecule has 0 saturated carbocycles. The third kappa shape index (κ3) is 8.58. The first-order valence-corrected chi connectivity index (χ1v) is 5.76. The molecule has 0 heterocycles. The van der Waals surface area contributed by atoms with Crippen molar-refractivity contribution in [3.05, 3.63) is 0 Å². The molecule has 0 unspecified atom stereocenters. The molecule has 0 aliphatic heterocycles. The summed E-state index contributed by atoms with van der Waals surface area (Å²) in [4.78, 5) is 43.5. The van der Waals surface area contributed by atoms with Crippen molar-refractivity contribution >= 4 is 23.8 Å². The first-order valence-electron chi connectivity index (χ1n) is 5.76. The monoisotopic (exact) mass is 275 g/mol. The molecule has 1 amide bonds. The highest BCUT2D eigenvalue weighted by Gasteiger charge is 2.21. The van der Waals surface area contributed by atoms with E-state index in [1.807, 2.05) is 0 Å². The highest BCUT2D eigenvalue weighted by Crippen LogP contribution is 2.00. The van der Waals surface area contributed by atoms with Crippen LogP contribution in [-0.2, 0) is 23.9 Å². The summed E-state index contributed by atoms with van der Waals surface area (Å²) < 4.78 is 4.61. The van der Waals surface area contributed by atoms with Crippen LogP contribution < -0.4 is 5.32 Å². The molecule has 0 aliphatic carbocycles. The summed E-state index contributed by atoms with van der Waals surface area (Å²) >= 11 is 0. The van der Waals surface area contributed by atoms with Crippen LogP contribution in [0.2, 0.25) is 0 Å². The van der Waals surface area contributed by atoms with Gasteiger partial charge in [0, 0.05) is 12.8 Å². The number of aliphatic carboxylic acids is 2. The smallest absolute Gasteiger partial charge is 0.326 e. The van der Waals surface area contributed by atoms with Gasteiger partial charge in [-0.1, -0.05) is 0 Å². The van der Waals surface area contributed by atoms with Crippen molar-refractivity contribution in [3.63, 3.8) is 0 Å². The van der Waals surface area contributed by atoms with Crippen LogP contribution in [-0.4, -0.2) is 46.7 Å². The summed E-state index contributed by atoms with van der Waals surface area (Å²) in [5, 5.41) is 19.4. The second-order valence-corrected chi connectivity index (χ2v) is 3.70. The predicted molar refractivity (Wildman–Crippen MR) is 62.3 cm³/mol. The number of carbonyl (C=O) groups is 4. The molecule has 108 valence electrons. The van der Waals surface area contributed by atoms with Crippen molar-refractivity contribution in [2.45, 2.75) is 38.6 Å². The number of hydrogen-bond donors (Lipinski definition) is 3. The Labute approximate surface area is 109 Å². The molecular formula is C11H17NO7. The molecule has 0 rings (SSSR count). The van der Waals surface area contributed by atoms with E-state index in [-0.39, 0.29) is 32.3 Å². The van der Waals surface area contributed by atoms with Crippen molar-refractivity contribution in [2.24, 2.45) is 0 Å². The zero-order valence-electron chi connectivity index (χ0n) is 10.5. The van der Waals surface area contributed by atoms with Gasteiger partial charge in [0.25, 0.3) is 0 Å². The standard InChI is InChI=1S/C11H17NO7/c1-2-19-10(16)6-4-8(13)12-7(11(17)18)3-5-9(14)15/h7H,2-6H2,1H3,(H,12,13)(H,14,15)(H,17,18)/t7-/m1/s1. The molecule has 0 fully saturated rings. The van der Waals surface area contributed by atoms with Gasteiger partial charge < -0.3 is 20.3 Å². The number of carboxylic acid groups (broad SMARTS) is 2. The van der Waals surface area contributed by atoms with Crippen LogP contribution in [0.1, 0.15) is 32.6 Å². The number of rotatable bonds is 9. The average molecular weight is 275 g/mol. The largest absolute Gasteiger partial charge is 0.481 e. The second-order valence-electron chi connectivity index (χ2n) is 3.70. The molecule has 0 bridgehead atoms. The van der Waals surface area contributed by atoms with E-state index in [0.29, 0.717) is 0 Å². The molecule has 3 N–H and O–H groups in total. The molecule has 1 atom stereocenters. The second kappa shape index (κ2) is 8.90. The van der Waals surface area contributed by atoms with E-state index in [1.165, 1.54) is 0 Å². The Morgan fingerprint density at radius 1 is 1.11 bits per heavy atom. The number of carboxylic acids is 2. The van der Waals surface area contributed by atoms with Crippen LogP contribution in [0.15, 0.2) is 0 Å². The Morgan fingerprint density at radius 2 is 1.74 bits per heavy atom. The van der Waals surface area contributed by atoms with Crippen molar-refractivity contribution < 1.29 is 34.1 Å². The molecule has 8 heteroatoms. The van der Waals surface area contributed by atoms with Crippen LogP contribution in [0, 0.1) is 0 Å². The molecule has 0 spiro atoms. The van der Waals surface area contributed by atoms with E-state index >= 15 is 0 Å². The summed E-state index contributed by atoms with van der Waals surface area (Å²) in [5.74, 6) is -3.64. The fourth-order valence-corrected chi connectivity index (χ4v) is 1.24. The average Bonchev–Trinajstić information content (AvgIpc) is 2.31. The van der Waals surface area contributed by atoms with Gasteiger partial charge in [0.2, 0.25) is 5.91 Å². The molecule has 0 aliphatic rings. The third-order valence-corrected chi connectivity index (χ3v) is 2.14. The Kier molecular flexibility index (Phi) is 7.90. The van der Waals surface area contributed by atoms with E-state index < -0.39 is 29.9 Å². The maximum absolute atomic E-state index is 11.4. The van der Waals surface area contributed by atoms with Gasteiger partial charge in [-0.3, -0.25) is 14.4 Å². The van der Waals surface area contributed by atoms with Crippen LogP contribution >= 0.6 is 0 Å². The fourth-order valence-electron chi connectivity index (χ4n) is 1.24. The molecule has 0 aromatic carbocycles. The number of esters is 1. The summed E-state index contributed by atoms with van der Waals surface area (Å²) in [6.07, 6.45) is -0.925. The molecule has 0 aromatic rings. The normalized spacial score (nSPS) is 11.4. The Hall–Kier alpha value is -2.12. The molecule has 0 aromatic heterocycles. The number of carbonyl (C=O) groups excluding carboxylic acids is 2. The Morgan fingerprint density at radius 3 is 2.21 bits per heavy atom. The highest BCUT2D eigenvalue weighted by molar-refractivity contribution is 5.86. The van der Waals surface area contributed by atoms with E-state index in [0.717, 1.165) is 0 Å². The van der Waals surface area contributed by atoms with Gasteiger partial charge in [0.15, 0.2) is 0 Å². The molecule has 8 nitrogen and oxygen atoms in total. The van der Waals surface area contributed by atoms with Gasteiger partial charge in [0.1, 0.15) is 6.04 Å². The van der Waals surface area contributed by atoms with Gasteiger partial charge in [-0.25, -0.2) is 4.79 Å². The van der Waals surface area contributed by atoms with Gasteiger partial charge in [-0.05, 0) is 13.3 Å². The fraction of sp³-hybridized carbons (Fsp3) is 0.636. The summed E-state index contributed by atoms with van der Waals surface area (Å²) in [5.41, 5.74) is 0. The zero-order valence-corrected chi connectivity index (χ0v) is 10.5. The lowest BCUT2D eigenvalue weighted by molar-refractivity contribution is -0.145. The first kappa shape index (κ1) is 16.9. The minimum Gasteiger partial charge on any atom is -0.481 e. The molecule has 19 heavy (non-hydrogen) atoms. The quantitative estimate of drug-likeness (QED) is 0.495. The predicted octanol–water partition coefficient (Wildman–Crippen LogP) is -0.236. The van der Waals surface area contributed by atoms with E-state index in [4.69, 9.17) is 10.2 Å². The molecular weight excluding hydrogens is 258 g/mol. The minimum absolute atomic E-state index is 0.148. The number of hydrogen-bond acceptors (Lipinski definition) is 5. The van der Waals surface area contributed by atoms with Crippen molar-refractivity contribution in [3.8, 4) is 0 Å². The number of ether oxygens (including phenoxy) is 1. The Balaban J connectivity index is 4.13. The van der Waals surface area contributed by atoms with Gasteiger partial charge in [-0.2, -0.15) is 0 Å². The summed E-state index contributed by atoms with van der Waals surface area (Å²) in [6.45, 7) is 1.83. The molecule has 0 radical (unpaired) electrons.